The first-order valence-electron chi connectivity index (χ1n) is 10.1. The average molecular weight is 426 g/mol. The number of nitrogens with zero attached hydrogens (tertiary/aromatic N) is 5. The van der Waals surface area contributed by atoms with Gasteiger partial charge in [0.05, 0.1) is 31.1 Å². The van der Waals surface area contributed by atoms with Crippen molar-refractivity contribution in [2.24, 2.45) is 0 Å². The number of aliphatic hydroxyl groups excluding tert-OH is 1. The molecule has 3 atom stereocenters. The van der Waals surface area contributed by atoms with E-state index in [0.717, 1.165) is 12.0 Å². The van der Waals surface area contributed by atoms with Crippen LogP contribution in [0.15, 0.2) is 49.1 Å². The van der Waals surface area contributed by atoms with Crippen molar-refractivity contribution in [1.29, 1.82) is 0 Å². The minimum absolute atomic E-state index is 0.0692. The van der Waals surface area contributed by atoms with E-state index in [1.54, 1.807) is 16.8 Å². The maximum Gasteiger partial charge on any atom is 0.271 e. The van der Waals surface area contributed by atoms with Gasteiger partial charge in [0.2, 0.25) is 0 Å². The van der Waals surface area contributed by atoms with Gasteiger partial charge in [-0.3, -0.25) is 14.5 Å². The predicted octanol–water partition coefficient (Wildman–Crippen LogP) is 1.60. The van der Waals surface area contributed by atoms with Gasteiger partial charge >= 0.3 is 0 Å². The first-order valence-corrected chi connectivity index (χ1v) is 10.1. The van der Waals surface area contributed by atoms with E-state index in [-0.39, 0.29) is 36.2 Å². The van der Waals surface area contributed by atoms with E-state index in [0.29, 0.717) is 25.1 Å². The highest BCUT2D eigenvalue weighted by molar-refractivity contribution is 5.92. The lowest BCUT2D eigenvalue weighted by molar-refractivity contribution is -0.0912. The molecule has 1 amide bonds. The second-order valence-electron chi connectivity index (χ2n) is 7.39. The SMILES string of the molecule is O=C(N[C@@H]1CC[C@H](CCn2cc(-c3ccc(F)cc3)nn2)O[C@@H]1CO)c1cnccn1. The largest absolute Gasteiger partial charge is 0.394 e. The molecule has 1 saturated heterocycles. The third-order valence-electron chi connectivity index (χ3n) is 5.27. The molecule has 162 valence electrons. The molecule has 2 N–H and O–H groups in total. The van der Waals surface area contributed by atoms with Crippen molar-refractivity contribution < 1.29 is 19.0 Å². The fraction of sp³-hybridized carbons (Fsp3) is 0.381. The van der Waals surface area contributed by atoms with Crippen LogP contribution in [0, 0.1) is 5.82 Å². The fourth-order valence-corrected chi connectivity index (χ4v) is 3.60. The van der Waals surface area contributed by atoms with Gasteiger partial charge in [0, 0.05) is 24.5 Å². The highest BCUT2D eigenvalue weighted by atomic mass is 19.1. The minimum Gasteiger partial charge on any atom is -0.394 e. The molecule has 10 heteroatoms. The van der Waals surface area contributed by atoms with Gasteiger partial charge in [-0.25, -0.2) is 9.37 Å². The maximum absolute atomic E-state index is 13.1. The average Bonchev–Trinajstić information content (AvgIpc) is 3.28. The highest BCUT2D eigenvalue weighted by Gasteiger charge is 2.32. The van der Waals surface area contributed by atoms with Crippen molar-refractivity contribution in [3.63, 3.8) is 0 Å². The summed E-state index contributed by atoms with van der Waals surface area (Å²) in [4.78, 5) is 20.2. The zero-order valence-electron chi connectivity index (χ0n) is 16.8. The molecule has 4 rings (SSSR count). The second kappa shape index (κ2) is 9.71. The summed E-state index contributed by atoms with van der Waals surface area (Å²) in [6.45, 7) is 0.396. The van der Waals surface area contributed by atoms with Crippen molar-refractivity contribution >= 4 is 5.91 Å². The van der Waals surface area contributed by atoms with E-state index >= 15 is 0 Å². The molecular formula is C21H23FN6O3. The Morgan fingerprint density at radius 2 is 2.10 bits per heavy atom. The van der Waals surface area contributed by atoms with Crippen LogP contribution in [0.25, 0.3) is 11.3 Å². The molecule has 0 spiro atoms. The van der Waals surface area contributed by atoms with Crippen molar-refractivity contribution in [1.82, 2.24) is 30.3 Å². The Balaban J connectivity index is 1.29. The molecule has 0 bridgehead atoms. The molecule has 2 aromatic heterocycles. The van der Waals surface area contributed by atoms with E-state index in [1.165, 1.54) is 30.7 Å². The number of hydrogen-bond acceptors (Lipinski definition) is 7. The van der Waals surface area contributed by atoms with Crippen LogP contribution in [0.5, 0.6) is 0 Å². The van der Waals surface area contributed by atoms with Crippen LogP contribution >= 0.6 is 0 Å². The molecule has 0 radical (unpaired) electrons. The van der Waals surface area contributed by atoms with Crippen LogP contribution in [0.4, 0.5) is 4.39 Å². The van der Waals surface area contributed by atoms with Gasteiger partial charge < -0.3 is 15.2 Å². The van der Waals surface area contributed by atoms with E-state index in [4.69, 9.17) is 4.74 Å². The molecule has 0 saturated carbocycles. The predicted molar refractivity (Wildman–Crippen MR) is 108 cm³/mol. The summed E-state index contributed by atoms with van der Waals surface area (Å²) in [6.07, 6.45) is 7.70. The monoisotopic (exact) mass is 426 g/mol. The van der Waals surface area contributed by atoms with Crippen LogP contribution in [0.2, 0.25) is 0 Å². The van der Waals surface area contributed by atoms with Crippen LogP contribution < -0.4 is 5.32 Å². The van der Waals surface area contributed by atoms with Gasteiger partial charge in [-0.1, -0.05) is 5.21 Å². The number of hydrogen-bond donors (Lipinski definition) is 2. The zero-order chi connectivity index (χ0) is 21.6. The van der Waals surface area contributed by atoms with Crippen molar-refractivity contribution in [2.45, 2.75) is 44.1 Å². The number of aryl methyl sites for hydroxylation is 1. The summed E-state index contributed by atoms with van der Waals surface area (Å²) >= 11 is 0. The van der Waals surface area contributed by atoms with Gasteiger partial charge in [0.15, 0.2) is 0 Å². The lowest BCUT2D eigenvalue weighted by Gasteiger charge is -2.36. The summed E-state index contributed by atoms with van der Waals surface area (Å²) < 4.78 is 20.8. The highest BCUT2D eigenvalue weighted by Crippen LogP contribution is 2.23. The molecule has 1 aliphatic rings. The van der Waals surface area contributed by atoms with Gasteiger partial charge in [0.25, 0.3) is 5.91 Å². The molecule has 3 heterocycles. The lowest BCUT2D eigenvalue weighted by Crippen LogP contribution is -2.51. The third kappa shape index (κ3) is 5.28. The Morgan fingerprint density at radius 1 is 1.26 bits per heavy atom. The van der Waals surface area contributed by atoms with Crippen LogP contribution in [0.1, 0.15) is 29.8 Å². The molecule has 3 aromatic rings. The van der Waals surface area contributed by atoms with Crippen molar-refractivity contribution in [3.8, 4) is 11.3 Å². The summed E-state index contributed by atoms with van der Waals surface area (Å²) in [5, 5.41) is 20.9. The molecule has 0 aliphatic carbocycles. The summed E-state index contributed by atoms with van der Waals surface area (Å²) in [5.74, 6) is -0.634. The van der Waals surface area contributed by atoms with Crippen molar-refractivity contribution in [2.75, 3.05) is 6.61 Å². The molecule has 1 fully saturated rings. The second-order valence-corrected chi connectivity index (χ2v) is 7.39. The van der Waals surface area contributed by atoms with Gasteiger partial charge in [-0.2, -0.15) is 0 Å². The first kappa shape index (κ1) is 21.0. The number of carbonyl (C=O) groups excluding carboxylic acids is 1. The Kier molecular flexibility index (Phi) is 6.58. The summed E-state index contributed by atoms with van der Waals surface area (Å²) in [5.41, 5.74) is 1.69. The molecule has 9 nitrogen and oxygen atoms in total. The smallest absolute Gasteiger partial charge is 0.271 e. The minimum atomic E-state index is -0.495. The standard InChI is InChI=1S/C21H23FN6O3/c22-15-3-1-14(2-4-15)19-12-28(27-26-19)10-7-16-5-6-17(20(13-29)31-16)25-21(30)18-11-23-8-9-24-18/h1-4,8-9,11-12,16-17,20,29H,5-7,10,13H2,(H,25,30)/t16-,17-,20-/m1/s1. The van der Waals surface area contributed by atoms with E-state index in [9.17, 15) is 14.3 Å². The number of ether oxygens (including phenoxy) is 1. The number of amides is 1. The molecule has 31 heavy (non-hydrogen) atoms. The van der Waals surface area contributed by atoms with E-state index < -0.39 is 6.10 Å². The Labute approximate surface area is 178 Å². The zero-order valence-corrected chi connectivity index (χ0v) is 16.8. The number of halogens is 1. The Hall–Kier alpha value is -3.24. The topological polar surface area (TPSA) is 115 Å². The first-order chi connectivity index (χ1) is 15.1. The van der Waals surface area contributed by atoms with E-state index in [1.807, 2.05) is 6.20 Å². The lowest BCUT2D eigenvalue weighted by atomic mass is 9.97. The quantitative estimate of drug-likeness (QED) is 0.590. The van der Waals surface area contributed by atoms with Crippen LogP contribution in [-0.4, -0.2) is 60.8 Å². The van der Waals surface area contributed by atoms with Crippen molar-refractivity contribution in [3.05, 3.63) is 60.6 Å². The third-order valence-corrected chi connectivity index (χ3v) is 5.27. The Bertz CT molecular complexity index is 998. The number of aliphatic hydroxyl groups is 1. The summed E-state index contributed by atoms with van der Waals surface area (Å²) in [7, 11) is 0. The van der Waals surface area contributed by atoms with Crippen LogP contribution in [-0.2, 0) is 11.3 Å². The molecule has 1 aromatic carbocycles. The number of aromatic nitrogens is 5. The van der Waals surface area contributed by atoms with Gasteiger partial charge in [0.1, 0.15) is 23.3 Å². The normalized spacial score (nSPS) is 21.0. The number of carbonyl (C=O) groups is 1. The number of nitrogens with one attached hydrogen (secondary N) is 1. The molecular weight excluding hydrogens is 403 g/mol. The molecule has 0 unspecified atom stereocenters. The Morgan fingerprint density at radius 3 is 2.84 bits per heavy atom. The van der Waals surface area contributed by atoms with E-state index in [2.05, 4.69) is 25.6 Å². The van der Waals surface area contributed by atoms with Crippen LogP contribution in [0.3, 0.4) is 0 Å². The molecule has 1 aliphatic heterocycles. The van der Waals surface area contributed by atoms with Gasteiger partial charge in [-0.05, 0) is 43.5 Å². The summed E-state index contributed by atoms with van der Waals surface area (Å²) in [6, 6.07) is 5.80. The number of rotatable bonds is 7. The fourth-order valence-electron chi connectivity index (χ4n) is 3.60. The van der Waals surface area contributed by atoms with Gasteiger partial charge in [-0.15, -0.1) is 5.10 Å². The number of benzene rings is 1. The maximum atomic E-state index is 13.1.